The van der Waals surface area contributed by atoms with Gasteiger partial charge in [0.05, 0.1) is 12.7 Å². The van der Waals surface area contributed by atoms with Crippen molar-refractivity contribution in [3.05, 3.63) is 70.4 Å². The molecule has 2 aromatic heterocycles. The number of hydrogen-bond acceptors (Lipinski definition) is 4. The van der Waals surface area contributed by atoms with Crippen molar-refractivity contribution in [3.8, 4) is 5.69 Å². The number of imidazole rings is 1. The SMILES string of the molecule is Cc1nc(C)c(CC(=O)Nc2cccc(-n3ccnc3)c2)c(=O)[nH]1. The number of nitrogens with one attached hydrogen (secondary N) is 2. The Morgan fingerprint density at radius 3 is 2.88 bits per heavy atom. The maximum atomic E-state index is 12.3. The highest BCUT2D eigenvalue weighted by molar-refractivity contribution is 5.92. The summed E-state index contributed by atoms with van der Waals surface area (Å²) >= 11 is 0. The third kappa shape index (κ3) is 3.40. The van der Waals surface area contributed by atoms with Crippen molar-refractivity contribution in [1.82, 2.24) is 19.5 Å². The number of rotatable bonds is 4. The van der Waals surface area contributed by atoms with Crippen molar-refractivity contribution in [1.29, 1.82) is 0 Å². The third-order valence-electron chi connectivity index (χ3n) is 3.61. The molecule has 0 aliphatic rings. The number of H-pyrrole nitrogens is 1. The summed E-state index contributed by atoms with van der Waals surface area (Å²) in [6, 6.07) is 7.39. The Morgan fingerprint density at radius 2 is 2.17 bits per heavy atom. The Hall–Kier alpha value is -3.22. The van der Waals surface area contributed by atoms with Gasteiger partial charge < -0.3 is 14.9 Å². The second-order valence-corrected chi connectivity index (χ2v) is 5.46. The number of aromatic amines is 1. The smallest absolute Gasteiger partial charge is 0.254 e. The molecular formula is C17H17N5O2. The Kier molecular flexibility index (Phi) is 4.24. The van der Waals surface area contributed by atoms with Crippen LogP contribution in [0.15, 0.2) is 47.8 Å². The van der Waals surface area contributed by atoms with E-state index < -0.39 is 0 Å². The molecule has 3 rings (SSSR count). The number of aryl methyl sites for hydroxylation is 2. The van der Waals surface area contributed by atoms with Crippen molar-refractivity contribution >= 4 is 11.6 Å². The van der Waals surface area contributed by atoms with Gasteiger partial charge in [0, 0.05) is 35.0 Å². The lowest BCUT2D eigenvalue weighted by Crippen LogP contribution is -2.24. The van der Waals surface area contributed by atoms with Crippen molar-refractivity contribution in [3.63, 3.8) is 0 Å². The molecule has 122 valence electrons. The van der Waals surface area contributed by atoms with Gasteiger partial charge in [0.15, 0.2) is 0 Å². The first kappa shape index (κ1) is 15.7. The molecule has 2 heterocycles. The van der Waals surface area contributed by atoms with E-state index >= 15 is 0 Å². The monoisotopic (exact) mass is 323 g/mol. The number of carbonyl (C=O) groups excluding carboxylic acids is 1. The summed E-state index contributed by atoms with van der Waals surface area (Å²) in [5.41, 5.74) is 2.21. The van der Waals surface area contributed by atoms with Crippen LogP contribution in [-0.2, 0) is 11.2 Å². The lowest BCUT2D eigenvalue weighted by Gasteiger charge is -2.09. The highest BCUT2D eigenvalue weighted by Gasteiger charge is 2.12. The van der Waals surface area contributed by atoms with Crippen molar-refractivity contribution in [2.75, 3.05) is 5.32 Å². The van der Waals surface area contributed by atoms with Crippen LogP contribution in [0.1, 0.15) is 17.1 Å². The highest BCUT2D eigenvalue weighted by Crippen LogP contribution is 2.14. The van der Waals surface area contributed by atoms with Crippen LogP contribution in [0.2, 0.25) is 0 Å². The van der Waals surface area contributed by atoms with E-state index in [9.17, 15) is 9.59 Å². The number of nitrogens with zero attached hydrogens (tertiary/aromatic N) is 3. The molecule has 7 nitrogen and oxygen atoms in total. The van der Waals surface area contributed by atoms with Crippen LogP contribution in [0.25, 0.3) is 5.69 Å². The normalized spacial score (nSPS) is 10.6. The van der Waals surface area contributed by atoms with Gasteiger partial charge in [0.1, 0.15) is 5.82 Å². The Morgan fingerprint density at radius 1 is 1.33 bits per heavy atom. The van der Waals surface area contributed by atoms with E-state index in [2.05, 4.69) is 20.3 Å². The quantitative estimate of drug-likeness (QED) is 0.765. The Bertz CT molecular complexity index is 928. The summed E-state index contributed by atoms with van der Waals surface area (Å²) in [6.07, 6.45) is 5.16. The number of carbonyl (C=O) groups is 1. The summed E-state index contributed by atoms with van der Waals surface area (Å²) < 4.78 is 1.84. The minimum atomic E-state index is -0.276. The molecule has 0 saturated carbocycles. The largest absolute Gasteiger partial charge is 0.326 e. The maximum absolute atomic E-state index is 12.3. The van der Waals surface area contributed by atoms with Crippen molar-refractivity contribution in [2.24, 2.45) is 0 Å². The third-order valence-corrected chi connectivity index (χ3v) is 3.61. The van der Waals surface area contributed by atoms with Crippen LogP contribution < -0.4 is 10.9 Å². The molecule has 0 fully saturated rings. The van der Waals surface area contributed by atoms with Gasteiger partial charge in [0.2, 0.25) is 5.91 Å². The van der Waals surface area contributed by atoms with Crippen LogP contribution in [0.4, 0.5) is 5.69 Å². The number of benzene rings is 1. The average molecular weight is 323 g/mol. The number of anilines is 1. The molecule has 7 heteroatoms. The lowest BCUT2D eigenvalue weighted by atomic mass is 10.1. The zero-order valence-corrected chi connectivity index (χ0v) is 13.4. The molecule has 0 saturated heterocycles. The lowest BCUT2D eigenvalue weighted by molar-refractivity contribution is -0.115. The first-order valence-electron chi connectivity index (χ1n) is 7.47. The van der Waals surface area contributed by atoms with Crippen molar-refractivity contribution < 1.29 is 4.79 Å². The van der Waals surface area contributed by atoms with E-state index in [-0.39, 0.29) is 17.9 Å². The molecule has 1 aromatic carbocycles. The predicted molar refractivity (Wildman–Crippen MR) is 90.2 cm³/mol. The van der Waals surface area contributed by atoms with E-state index in [0.717, 1.165) is 5.69 Å². The molecule has 0 bridgehead atoms. The van der Waals surface area contributed by atoms with E-state index in [1.54, 1.807) is 32.4 Å². The van der Waals surface area contributed by atoms with E-state index in [0.29, 0.717) is 22.8 Å². The fraction of sp³-hybridized carbons (Fsp3) is 0.176. The summed E-state index contributed by atoms with van der Waals surface area (Å²) in [4.78, 5) is 35.0. The van der Waals surface area contributed by atoms with Crippen LogP contribution in [0.3, 0.4) is 0 Å². The Labute approximate surface area is 138 Å². The second-order valence-electron chi connectivity index (χ2n) is 5.46. The van der Waals surface area contributed by atoms with E-state index in [4.69, 9.17) is 0 Å². The molecule has 0 radical (unpaired) electrons. The molecule has 2 N–H and O–H groups in total. The van der Waals surface area contributed by atoms with Crippen LogP contribution in [-0.4, -0.2) is 25.4 Å². The van der Waals surface area contributed by atoms with E-state index in [1.165, 1.54) is 0 Å². The first-order valence-corrected chi connectivity index (χ1v) is 7.47. The van der Waals surface area contributed by atoms with Gasteiger partial charge in [0.25, 0.3) is 5.56 Å². The van der Waals surface area contributed by atoms with Crippen LogP contribution >= 0.6 is 0 Å². The van der Waals surface area contributed by atoms with E-state index in [1.807, 2.05) is 29.0 Å². The molecular weight excluding hydrogens is 306 g/mol. The van der Waals surface area contributed by atoms with Gasteiger partial charge in [-0.25, -0.2) is 9.97 Å². The second kappa shape index (κ2) is 6.49. The molecule has 3 aromatic rings. The molecule has 24 heavy (non-hydrogen) atoms. The first-order chi connectivity index (χ1) is 11.5. The van der Waals surface area contributed by atoms with Gasteiger partial charge in [-0.05, 0) is 32.0 Å². The summed E-state index contributed by atoms with van der Waals surface area (Å²) in [5.74, 6) is 0.270. The maximum Gasteiger partial charge on any atom is 0.254 e. The predicted octanol–water partition coefficient (Wildman–Crippen LogP) is 1.75. The number of amides is 1. The minimum absolute atomic E-state index is 0.0241. The zero-order chi connectivity index (χ0) is 17.1. The van der Waals surface area contributed by atoms with Gasteiger partial charge in [-0.15, -0.1) is 0 Å². The standard InChI is InChI=1S/C17H17N5O2/c1-11-15(17(24)20-12(2)19-11)9-16(23)21-13-4-3-5-14(8-13)22-7-6-18-10-22/h3-8,10H,9H2,1-2H3,(H,21,23)(H,19,20,24). The van der Waals surface area contributed by atoms with Gasteiger partial charge >= 0.3 is 0 Å². The Balaban J connectivity index is 1.76. The van der Waals surface area contributed by atoms with Crippen LogP contribution in [0.5, 0.6) is 0 Å². The summed E-state index contributed by atoms with van der Waals surface area (Å²) in [6.45, 7) is 3.43. The molecule has 0 aliphatic heterocycles. The molecule has 0 atom stereocenters. The molecule has 1 amide bonds. The average Bonchev–Trinajstić information content (AvgIpc) is 3.05. The molecule has 0 unspecified atom stereocenters. The van der Waals surface area contributed by atoms with Gasteiger partial charge in [-0.1, -0.05) is 6.07 Å². The van der Waals surface area contributed by atoms with Crippen molar-refractivity contribution in [2.45, 2.75) is 20.3 Å². The number of hydrogen-bond donors (Lipinski definition) is 2. The highest BCUT2D eigenvalue weighted by atomic mass is 16.2. The number of aromatic nitrogens is 4. The zero-order valence-electron chi connectivity index (χ0n) is 13.4. The fourth-order valence-corrected chi connectivity index (χ4v) is 2.48. The fourth-order valence-electron chi connectivity index (χ4n) is 2.48. The molecule has 0 aliphatic carbocycles. The molecule has 0 spiro atoms. The van der Waals surface area contributed by atoms with Gasteiger partial charge in [-0.2, -0.15) is 0 Å². The topological polar surface area (TPSA) is 92.7 Å². The minimum Gasteiger partial charge on any atom is -0.326 e. The van der Waals surface area contributed by atoms with Gasteiger partial charge in [-0.3, -0.25) is 9.59 Å². The van der Waals surface area contributed by atoms with Crippen LogP contribution in [0, 0.1) is 13.8 Å². The summed E-state index contributed by atoms with van der Waals surface area (Å²) in [5, 5.41) is 2.81. The summed E-state index contributed by atoms with van der Waals surface area (Å²) in [7, 11) is 0.